The number of carboxylic acids is 1. The number of hydrogen-bond donors (Lipinski definition) is 1. The monoisotopic (exact) mass is 306 g/mol. The fourth-order valence-electron chi connectivity index (χ4n) is 3.33. The van der Waals surface area contributed by atoms with E-state index in [-0.39, 0.29) is 5.41 Å². The highest BCUT2D eigenvalue weighted by molar-refractivity contribution is 5.83. The molecule has 0 unspecified atom stereocenters. The SMILES string of the molecule is COc1cc(C(C)(C)C)cc(C2(C(=O)O)CCCC2)c1OC. The summed E-state index contributed by atoms with van der Waals surface area (Å²) < 4.78 is 11.0. The third-order valence-corrected chi connectivity index (χ3v) is 4.73. The maximum atomic E-state index is 12.1. The van der Waals surface area contributed by atoms with Gasteiger partial charge in [-0.15, -0.1) is 0 Å². The molecule has 122 valence electrons. The van der Waals surface area contributed by atoms with E-state index in [1.807, 2.05) is 12.1 Å². The van der Waals surface area contributed by atoms with E-state index in [1.54, 1.807) is 14.2 Å². The lowest BCUT2D eigenvalue weighted by molar-refractivity contribution is -0.143. The summed E-state index contributed by atoms with van der Waals surface area (Å²) in [6.07, 6.45) is 3.15. The van der Waals surface area contributed by atoms with E-state index in [9.17, 15) is 9.90 Å². The third kappa shape index (κ3) is 2.67. The molecular formula is C18H26O4. The molecule has 0 aliphatic heterocycles. The van der Waals surface area contributed by atoms with Crippen LogP contribution >= 0.6 is 0 Å². The lowest BCUT2D eigenvalue weighted by Gasteiger charge is -2.30. The van der Waals surface area contributed by atoms with Crippen LogP contribution in [-0.2, 0) is 15.6 Å². The van der Waals surface area contributed by atoms with Crippen LogP contribution in [0.5, 0.6) is 11.5 Å². The molecule has 22 heavy (non-hydrogen) atoms. The minimum absolute atomic E-state index is 0.0907. The molecule has 1 saturated carbocycles. The van der Waals surface area contributed by atoms with Gasteiger partial charge in [0.15, 0.2) is 11.5 Å². The smallest absolute Gasteiger partial charge is 0.314 e. The summed E-state index contributed by atoms with van der Waals surface area (Å²) in [5.41, 5.74) is 0.865. The first-order chi connectivity index (χ1) is 10.3. The zero-order valence-corrected chi connectivity index (χ0v) is 14.2. The number of ether oxygens (including phenoxy) is 2. The van der Waals surface area contributed by atoms with Crippen LogP contribution in [0.15, 0.2) is 12.1 Å². The second kappa shape index (κ2) is 5.82. The Balaban J connectivity index is 2.74. The Morgan fingerprint density at radius 3 is 2.14 bits per heavy atom. The molecular weight excluding hydrogens is 280 g/mol. The van der Waals surface area contributed by atoms with Crippen LogP contribution in [-0.4, -0.2) is 25.3 Å². The van der Waals surface area contributed by atoms with Gasteiger partial charge in [-0.05, 0) is 29.9 Å². The lowest BCUT2D eigenvalue weighted by atomic mass is 9.75. The van der Waals surface area contributed by atoms with Crippen LogP contribution in [0.25, 0.3) is 0 Å². The third-order valence-electron chi connectivity index (χ3n) is 4.73. The van der Waals surface area contributed by atoms with Gasteiger partial charge in [0.1, 0.15) is 0 Å². The second-order valence-electron chi connectivity index (χ2n) is 7.10. The summed E-state index contributed by atoms with van der Waals surface area (Å²) in [4.78, 5) is 12.1. The molecule has 0 amide bonds. The van der Waals surface area contributed by atoms with E-state index < -0.39 is 11.4 Å². The number of aliphatic carboxylic acids is 1. The summed E-state index contributed by atoms with van der Waals surface area (Å²) >= 11 is 0. The number of methoxy groups -OCH3 is 2. The molecule has 4 nitrogen and oxygen atoms in total. The average Bonchev–Trinajstić information content (AvgIpc) is 2.95. The van der Waals surface area contributed by atoms with Crippen molar-refractivity contribution in [3.8, 4) is 11.5 Å². The van der Waals surface area contributed by atoms with E-state index in [0.717, 1.165) is 24.0 Å². The van der Waals surface area contributed by atoms with Gasteiger partial charge in [0, 0.05) is 5.56 Å². The fraction of sp³-hybridized carbons (Fsp3) is 0.611. The molecule has 0 spiro atoms. The van der Waals surface area contributed by atoms with Gasteiger partial charge in [-0.1, -0.05) is 39.7 Å². The molecule has 1 fully saturated rings. The molecule has 1 aliphatic rings. The van der Waals surface area contributed by atoms with E-state index in [4.69, 9.17) is 9.47 Å². The van der Waals surface area contributed by atoms with Crippen molar-refractivity contribution in [2.45, 2.75) is 57.3 Å². The van der Waals surface area contributed by atoms with Crippen molar-refractivity contribution in [2.75, 3.05) is 14.2 Å². The predicted molar refractivity (Wildman–Crippen MR) is 86.0 cm³/mol. The summed E-state index contributed by atoms with van der Waals surface area (Å²) in [7, 11) is 3.17. The van der Waals surface area contributed by atoms with Crippen molar-refractivity contribution < 1.29 is 19.4 Å². The van der Waals surface area contributed by atoms with Gasteiger partial charge < -0.3 is 14.6 Å². The molecule has 4 heteroatoms. The summed E-state index contributed by atoms with van der Waals surface area (Å²) in [5.74, 6) is 0.397. The first-order valence-corrected chi connectivity index (χ1v) is 7.76. The van der Waals surface area contributed by atoms with E-state index in [1.165, 1.54) is 0 Å². The topological polar surface area (TPSA) is 55.8 Å². The molecule has 1 N–H and O–H groups in total. The number of rotatable bonds is 4. The molecule has 0 radical (unpaired) electrons. The van der Waals surface area contributed by atoms with Crippen molar-refractivity contribution >= 4 is 5.97 Å². The van der Waals surface area contributed by atoms with Gasteiger partial charge in [-0.3, -0.25) is 4.79 Å². The van der Waals surface area contributed by atoms with E-state index in [0.29, 0.717) is 24.3 Å². The van der Waals surface area contributed by atoms with Gasteiger partial charge in [0.25, 0.3) is 0 Å². The van der Waals surface area contributed by atoms with Gasteiger partial charge in [-0.2, -0.15) is 0 Å². The minimum atomic E-state index is -0.861. The molecule has 2 rings (SSSR count). The summed E-state index contributed by atoms with van der Waals surface area (Å²) in [6, 6.07) is 3.95. The molecule has 0 bridgehead atoms. The summed E-state index contributed by atoms with van der Waals surface area (Å²) in [5, 5.41) is 9.90. The standard InChI is InChI=1S/C18H26O4/c1-17(2,3)12-10-13(15(22-5)14(11-12)21-4)18(16(19)20)8-6-7-9-18/h10-11H,6-9H2,1-5H3,(H,19,20). The van der Waals surface area contributed by atoms with Crippen LogP contribution in [0.3, 0.4) is 0 Å². The van der Waals surface area contributed by atoms with Gasteiger partial charge >= 0.3 is 5.97 Å². The number of carboxylic acid groups (broad SMARTS) is 1. The highest BCUT2D eigenvalue weighted by Gasteiger charge is 2.46. The largest absolute Gasteiger partial charge is 0.493 e. The van der Waals surface area contributed by atoms with Crippen molar-refractivity contribution in [2.24, 2.45) is 0 Å². The molecule has 1 aromatic carbocycles. The highest BCUT2D eigenvalue weighted by atomic mass is 16.5. The van der Waals surface area contributed by atoms with E-state index in [2.05, 4.69) is 20.8 Å². The Kier molecular flexibility index (Phi) is 4.41. The lowest BCUT2D eigenvalue weighted by Crippen LogP contribution is -2.33. The van der Waals surface area contributed by atoms with Gasteiger partial charge in [0.2, 0.25) is 0 Å². The maximum Gasteiger partial charge on any atom is 0.314 e. The van der Waals surface area contributed by atoms with Crippen molar-refractivity contribution in [3.63, 3.8) is 0 Å². The second-order valence-corrected chi connectivity index (χ2v) is 7.10. The highest BCUT2D eigenvalue weighted by Crippen LogP contribution is 2.49. The molecule has 0 heterocycles. The zero-order chi connectivity index (χ0) is 16.5. The Bertz CT molecular complexity index is 563. The van der Waals surface area contributed by atoms with Crippen molar-refractivity contribution in [1.29, 1.82) is 0 Å². The Hall–Kier alpha value is -1.71. The van der Waals surface area contributed by atoms with Crippen LogP contribution in [0.4, 0.5) is 0 Å². The predicted octanol–water partition coefficient (Wildman–Crippen LogP) is 3.90. The minimum Gasteiger partial charge on any atom is -0.493 e. The number of benzene rings is 1. The molecule has 1 aliphatic carbocycles. The Morgan fingerprint density at radius 1 is 1.14 bits per heavy atom. The van der Waals surface area contributed by atoms with Crippen LogP contribution in [0, 0.1) is 0 Å². The first kappa shape index (κ1) is 16.7. The first-order valence-electron chi connectivity index (χ1n) is 7.76. The van der Waals surface area contributed by atoms with Crippen LogP contribution < -0.4 is 9.47 Å². The molecule has 0 aromatic heterocycles. The van der Waals surface area contributed by atoms with Gasteiger partial charge in [0.05, 0.1) is 19.6 Å². The quantitative estimate of drug-likeness (QED) is 0.916. The maximum absolute atomic E-state index is 12.1. The van der Waals surface area contributed by atoms with Crippen molar-refractivity contribution in [3.05, 3.63) is 23.3 Å². The molecule has 0 saturated heterocycles. The fourth-order valence-corrected chi connectivity index (χ4v) is 3.33. The van der Waals surface area contributed by atoms with E-state index >= 15 is 0 Å². The number of carbonyl (C=O) groups is 1. The summed E-state index contributed by atoms with van der Waals surface area (Å²) in [6.45, 7) is 6.33. The molecule has 1 aromatic rings. The zero-order valence-electron chi connectivity index (χ0n) is 14.2. The van der Waals surface area contributed by atoms with Crippen LogP contribution in [0.2, 0.25) is 0 Å². The normalized spacial score (nSPS) is 17.3. The Labute approximate surface area is 132 Å². The Morgan fingerprint density at radius 2 is 1.73 bits per heavy atom. The average molecular weight is 306 g/mol. The number of hydrogen-bond acceptors (Lipinski definition) is 3. The van der Waals surface area contributed by atoms with Gasteiger partial charge in [-0.25, -0.2) is 0 Å². The van der Waals surface area contributed by atoms with Crippen molar-refractivity contribution in [1.82, 2.24) is 0 Å². The van der Waals surface area contributed by atoms with Crippen LogP contribution in [0.1, 0.15) is 57.6 Å². The molecule has 0 atom stereocenters.